The van der Waals surface area contributed by atoms with Gasteiger partial charge in [0.05, 0.1) is 18.1 Å². The van der Waals surface area contributed by atoms with Gasteiger partial charge in [-0.1, -0.05) is 20.8 Å². The number of ether oxygens (including phenoxy) is 1. The fraction of sp³-hybridized carbons (Fsp3) is 0.600. The largest absolute Gasteiger partial charge is 0.378 e. The van der Waals surface area contributed by atoms with Crippen LogP contribution in [0.25, 0.3) is 0 Å². The summed E-state index contributed by atoms with van der Waals surface area (Å²) in [6.07, 6.45) is 0. The Bertz CT molecular complexity index is 812. The number of hydrogen-bond acceptors (Lipinski definition) is 7. The zero-order valence-electron chi connectivity index (χ0n) is 17.7. The molecular formula is C20H29N5O4S. The Morgan fingerprint density at radius 2 is 1.73 bits per heavy atom. The summed E-state index contributed by atoms with van der Waals surface area (Å²) in [4.78, 5) is 29.5. The van der Waals surface area contributed by atoms with E-state index >= 15 is 0 Å². The summed E-state index contributed by atoms with van der Waals surface area (Å²) in [5.41, 5.74) is 1.20. The number of nitrogens with one attached hydrogen (secondary N) is 1. The number of nitro groups is 1. The first-order valence-electron chi connectivity index (χ1n) is 10.1. The maximum atomic E-state index is 12.2. The predicted octanol–water partition coefficient (Wildman–Crippen LogP) is 2.00. The minimum absolute atomic E-state index is 0.0968. The van der Waals surface area contributed by atoms with Gasteiger partial charge in [0.25, 0.3) is 5.69 Å². The van der Waals surface area contributed by atoms with Gasteiger partial charge in [0.1, 0.15) is 5.69 Å². The van der Waals surface area contributed by atoms with Crippen LogP contribution >= 0.6 is 12.2 Å². The fourth-order valence-electron chi connectivity index (χ4n) is 3.45. The van der Waals surface area contributed by atoms with Gasteiger partial charge in [-0.3, -0.25) is 14.9 Å². The van der Waals surface area contributed by atoms with Gasteiger partial charge in [-0.2, -0.15) is 0 Å². The molecule has 2 fully saturated rings. The van der Waals surface area contributed by atoms with Gasteiger partial charge >= 0.3 is 0 Å². The first kappa shape index (κ1) is 22.2. The molecule has 1 aromatic rings. The number of hydrogen-bond donors (Lipinski definition) is 1. The zero-order valence-corrected chi connectivity index (χ0v) is 18.5. The molecule has 0 bridgehead atoms. The number of amides is 1. The highest BCUT2D eigenvalue weighted by atomic mass is 32.1. The van der Waals surface area contributed by atoms with E-state index in [0.29, 0.717) is 63.3 Å². The number of nitrogens with zero attached hydrogens (tertiary/aromatic N) is 4. The molecule has 2 saturated heterocycles. The smallest absolute Gasteiger partial charge is 0.292 e. The Labute approximate surface area is 182 Å². The van der Waals surface area contributed by atoms with Crippen molar-refractivity contribution in [2.24, 2.45) is 5.41 Å². The molecule has 0 aliphatic carbocycles. The Morgan fingerprint density at radius 1 is 1.10 bits per heavy atom. The number of nitro benzene ring substituents is 1. The van der Waals surface area contributed by atoms with Crippen LogP contribution < -0.4 is 15.1 Å². The van der Waals surface area contributed by atoms with Crippen LogP contribution in [0.3, 0.4) is 0 Å². The van der Waals surface area contributed by atoms with E-state index in [-0.39, 0.29) is 16.5 Å². The lowest BCUT2D eigenvalue weighted by Crippen LogP contribution is -2.54. The van der Waals surface area contributed by atoms with Crippen molar-refractivity contribution in [3.63, 3.8) is 0 Å². The Kier molecular flexibility index (Phi) is 6.77. The van der Waals surface area contributed by atoms with Gasteiger partial charge in [0.2, 0.25) is 5.91 Å². The topological polar surface area (TPSA) is 91.2 Å². The normalized spacial score (nSPS) is 17.6. The van der Waals surface area contributed by atoms with Crippen LogP contribution in [0.4, 0.5) is 17.1 Å². The van der Waals surface area contributed by atoms with E-state index in [2.05, 4.69) is 10.2 Å². The standard InChI is InChI=1S/C20H29N5O4S/c1-20(2,3)18(26)21-19(30)24-8-6-22(7-9-24)15-4-5-16(25(27)28)17(14-15)23-10-12-29-13-11-23/h4-5,14H,6-13H2,1-3H3,(H,21,26,30). The number of thiocarbonyl (C=S) groups is 1. The lowest BCUT2D eigenvalue weighted by molar-refractivity contribution is -0.384. The number of carbonyl (C=O) groups excluding carboxylic acids is 1. The first-order valence-corrected chi connectivity index (χ1v) is 10.5. The Hall–Kier alpha value is -2.46. The number of rotatable bonds is 3. The maximum absolute atomic E-state index is 12.2. The van der Waals surface area contributed by atoms with E-state index < -0.39 is 5.41 Å². The zero-order chi connectivity index (χ0) is 21.9. The summed E-state index contributed by atoms with van der Waals surface area (Å²) in [6.45, 7) is 10.7. The summed E-state index contributed by atoms with van der Waals surface area (Å²) < 4.78 is 5.38. The number of carbonyl (C=O) groups is 1. The second-order valence-corrected chi connectivity index (χ2v) is 8.90. The van der Waals surface area contributed by atoms with Crippen molar-refractivity contribution in [1.82, 2.24) is 10.2 Å². The molecule has 2 heterocycles. The van der Waals surface area contributed by atoms with Crippen LogP contribution in [-0.4, -0.2) is 73.3 Å². The number of piperazine rings is 1. The number of benzene rings is 1. The molecule has 3 rings (SSSR count). The minimum atomic E-state index is -0.499. The summed E-state index contributed by atoms with van der Waals surface area (Å²) in [7, 11) is 0. The van der Waals surface area contributed by atoms with Gasteiger partial charge in [-0.05, 0) is 24.4 Å². The van der Waals surface area contributed by atoms with E-state index in [1.807, 2.05) is 36.6 Å². The molecule has 0 saturated carbocycles. The molecule has 10 heteroatoms. The molecule has 0 unspecified atom stereocenters. The molecule has 1 N–H and O–H groups in total. The third-order valence-electron chi connectivity index (χ3n) is 5.34. The highest BCUT2D eigenvalue weighted by molar-refractivity contribution is 7.80. The van der Waals surface area contributed by atoms with Crippen LogP contribution in [0, 0.1) is 15.5 Å². The second-order valence-electron chi connectivity index (χ2n) is 8.51. The second kappa shape index (κ2) is 9.13. The minimum Gasteiger partial charge on any atom is -0.378 e. The van der Waals surface area contributed by atoms with Crippen molar-refractivity contribution >= 4 is 40.3 Å². The van der Waals surface area contributed by atoms with Crippen LogP contribution in [0.1, 0.15) is 20.8 Å². The molecule has 2 aliphatic heterocycles. The van der Waals surface area contributed by atoms with Crippen LogP contribution in [-0.2, 0) is 9.53 Å². The SMILES string of the molecule is CC(C)(C)C(=O)NC(=S)N1CCN(c2ccc([N+](=O)[O-])c(N3CCOCC3)c2)CC1. The first-order chi connectivity index (χ1) is 14.2. The van der Waals surface area contributed by atoms with E-state index in [1.165, 1.54) is 0 Å². The van der Waals surface area contributed by atoms with Crippen LogP contribution in [0.15, 0.2) is 18.2 Å². The van der Waals surface area contributed by atoms with E-state index in [9.17, 15) is 14.9 Å². The quantitative estimate of drug-likeness (QED) is 0.438. The van der Waals surface area contributed by atoms with E-state index in [0.717, 1.165) is 5.69 Å². The van der Waals surface area contributed by atoms with Crippen molar-refractivity contribution < 1.29 is 14.5 Å². The number of anilines is 2. The maximum Gasteiger partial charge on any atom is 0.292 e. The highest BCUT2D eigenvalue weighted by Crippen LogP contribution is 2.33. The van der Waals surface area contributed by atoms with E-state index in [4.69, 9.17) is 17.0 Å². The molecule has 0 atom stereocenters. The lowest BCUT2D eigenvalue weighted by Gasteiger charge is -2.38. The van der Waals surface area contributed by atoms with Crippen molar-refractivity contribution in [3.05, 3.63) is 28.3 Å². The monoisotopic (exact) mass is 435 g/mol. The molecule has 1 amide bonds. The number of morpholine rings is 1. The molecule has 2 aliphatic rings. The Balaban J connectivity index is 1.67. The molecule has 0 spiro atoms. The van der Waals surface area contributed by atoms with Gasteiger partial charge in [0.15, 0.2) is 5.11 Å². The highest BCUT2D eigenvalue weighted by Gasteiger charge is 2.27. The Morgan fingerprint density at radius 3 is 2.30 bits per heavy atom. The average molecular weight is 436 g/mol. The van der Waals surface area contributed by atoms with Crippen molar-refractivity contribution in [2.75, 3.05) is 62.3 Å². The molecule has 0 radical (unpaired) electrons. The summed E-state index contributed by atoms with van der Waals surface area (Å²) in [5.74, 6) is -0.0968. The lowest BCUT2D eigenvalue weighted by atomic mass is 9.96. The van der Waals surface area contributed by atoms with Gasteiger partial charge in [-0.15, -0.1) is 0 Å². The van der Waals surface area contributed by atoms with Crippen LogP contribution in [0.2, 0.25) is 0 Å². The third-order valence-corrected chi connectivity index (χ3v) is 5.70. The van der Waals surface area contributed by atoms with Gasteiger partial charge in [0, 0.05) is 56.4 Å². The van der Waals surface area contributed by atoms with Crippen molar-refractivity contribution in [2.45, 2.75) is 20.8 Å². The molecule has 0 aromatic heterocycles. The molecule has 30 heavy (non-hydrogen) atoms. The predicted molar refractivity (Wildman–Crippen MR) is 120 cm³/mol. The van der Waals surface area contributed by atoms with Gasteiger partial charge < -0.3 is 24.8 Å². The molecular weight excluding hydrogens is 406 g/mol. The third kappa shape index (κ3) is 5.17. The molecule has 164 valence electrons. The summed E-state index contributed by atoms with van der Waals surface area (Å²) in [6, 6.07) is 5.29. The van der Waals surface area contributed by atoms with Crippen molar-refractivity contribution in [3.8, 4) is 0 Å². The fourth-order valence-corrected chi connectivity index (χ4v) is 3.73. The van der Waals surface area contributed by atoms with Gasteiger partial charge in [-0.25, -0.2) is 0 Å². The summed E-state index contributed by atoms with van der Waals surface area (Å²) in [5, 5.41) is 14.8. The van der Waals surface area contributed by atoms with Crippen molar-refractivity contribution in [1.29, 1.82) is 0 Å². The van der Waals surface area contributed by atoms with Crippen LogP contribution in [0.5, 0.6) is 0 Å². The molecule has 1 aromatic carbocycles. The van der Waals surface area contributed by atoms with E-state index in [1.54, 1.807) is 12.1 Å². The summed E-state index contributed by atoms with van der Waals surface area (Å²) >= 11 is 5.41. The average Bonchev–Trinajstić information content (AvgIpc) is 2.73. The molecule has 9 nitrogen and oxygen atoms in total.